The number of pyridine rings is 1. The number of carbonyl (C=O) groups excluding carboxylic acids is 1. The molecule has 12 heteroatoms. The SMILES string of the molecule is N#C[C@@H](/C=N/OCC(=O)N1CCN(c2ncc(C(F)(F)F)cc2Cl)CC1)c1ccc(F)cc1. The number of alkyl halides is 3. The van der Waals surface area contributed by atoms with Gasteiger partial charge in [-0.15, -0.1) is 0 Å². The number of halogens is 5. The molecule has 0 spiro atoms. The van der Waals surface area contributed by atoms with E-state index in [1.54, 1.807) is 4.90 Å². The fourth-order valence-electron chi connectivity index (χ4n) is 3.14. The van der Waals surface area contributed by atoms with Crippen LogP contribution in [0.25, 0.3) is 0 Å². The molecule has 0 unspecified atom stereocenters. The molecular weight excluding hydrogens is 466 g/mol. The summed E-state index contributed by atoms with van der Waals surface area (Å²) in [6.45, 7) is 0.891. The van der Waals surface area contributed by atoms with Crippen LogP contribution < -0.4 is 4.90 Å². The van der Waals surface area contributed by atoms with Gasteiger partial charge < -0.3 is 14.6 Å². The van der Waals surface area contributed by atoms with Crippen LogP contribution in [-0.4, -0.2) is 54.8 Å². The van der Waals surface area contributed by atoms with Crippen LogP contribution in [-0.2, 0) is 15.8 Å². The number of hydrogen-bond acceptors (Lipinski definition) is 6. The summed E-state index contributed by atoms with van der Waals surface area (Å²) in [5.74, 6) is -1.30. The van der Waals surface area contributed by atoms with Crippen LogP contribution in [0.5, 0.6) is 0 Å². The highest BCUT2D eigenvalue weighted by molar-refractivity contribution is 6.33. The summed E-state index contributed by atoms with van der Waals surface area (Å²) >= 11 is 5.98. The number of nitrogens with zero attached hydrogens (tertiary/aromatic N) is 5. The third-order valence-electron chi connectivity index (χ3n) is 4.92. The molecule has 1 aromatic heterocycles. The van der Waals surface area contributed by atoms with Crippen LogP contribution in [0.2, 0.25) is 5.02 Å². The van der Waals surface area contributed by atoms with Gasteiger partial charge >= 0.3 is 6.18 Å². The van der Waals surface area contributed by atoms with E-state index in [0.717, 1.165) is 12.3 Å². The molecule has 0 saturated carbocycles. The Labute approximate surface area is 191 Å². The first-order chi connectivity index (χ1) is 15.7. The Bertz CT molecular complexity index is 1050. The lowest BCUT2D eigenvalue weighted by Crippen LogP contribution is -2.50. The van der Waals surface area contributed by atoms with Gasteiger partial charge in [0.05, 0.1) is 22.9 Å². The molecule has 1 amide bonds. The van der Waals surface area contributed by atoms with Crippen molar-refractivity contribution < 1.29 is 27.2 Å². The first-order valence-electron chi connectivity index (χ1n) is 9.75. The highest BCUT2D eigenvalue weighted by atomic mass is 35.5. The van der Waals surface area contributed by atoms with E-state index in [4.69, 9.17) is 16.4 Å². The van der Waals surface area contributed by atoms with Gasteiger partial charge in [-0.1, -0.05) is 28.9 Å². The average molecular weight is 484 g/mol. The van der Waals surface area contributed by atoms with Crippen molar-refractivity contribution in [1.82, 2.24) is 9.88 Å². The molecule has 0 radical (unpaired) electrons. The summed E-state index contributed by atoms with van der Waals surface area (Å²) in [6.07, 6.45) is -2.59. The smallest absolute Gasteiger partial charge is 0.386 e. The lowest BCUT2D eigenvalue weighted by atomic mass is 10.0. The van der Waals surface area contributed by atoms with E-state index in [1.807, 2.05) is 6.07 Å². The summed E-state index contributed by atoms with van der Waals surface area (Å²) in [6, 6.07) is 8.19. The minimum Gasteiger partial charge on any atom is -0.386 e. The number of hydrogen-bond donors (Lipinski definition) is 0. The van der Waals surface area contributed by atoms with Crippen LogP contribution in [0.3, 0.4) is 0 Å². The molecule has 7 nitrogen and oxygen atoms in total. The maximum Gasteiger partial charge on any atom is 0.417 e. The Hall–Kier alpha value is -3.39. The standard InChI is InChI=1S/C21H18ClF4N5O2/c22-18-9-16(21(24,25)26)12-28-20(18)31-7-5-30(6-8-31)19(32)13-33-29-11-15(10-27)14-1-3-17(23)4-2-14/h1-4,9,11-12,15H,5-8,13H2/b29-11+/t15-/m0/s1. The molecule has 1 aliphatic rings. The molecule has 0 aliphatic carbocycles. The highest BCUT2D eigenvalue weighted by Gasteiger charge is 2.32. The zero-order chi connectivity index (χ0) is 24.0. The highest BCUT2D eigenvalue weighted by Crippen LogP contribution is 2.33. The number of oxime groups is 1. The monoisotopic (exact) mass is 483 g/mol. The van der Waals surface area contributed by atoms with Gasteiger partial charge in [-0.25, -0.2) is 9.37 Å². The number of nitriles is 1. The number of piperazine rings is 1. The quantitative estimate of drug-likeness (QED) is 0.354. The second-order valence-electron chi connectivity index (χ2n) is 7.08. The Morgan fingerprint density at radius 3 is 2.52 bits per heavy atom. The maximum atomic E-state index is 13.0. The van der Waals surface area contributed by atoms with E-state index >= 15 is 0 Å². The number of rotatable bonds is 6. The van der Waals surface area contributed by atoms with E-state index in [0.29, 0.717) is 31.7 Å². The molecule has 1 saturated heterocycles. The second-order valence-corrected chi connectivity index (χ2v) is 7.49. The predicted octanol–water partition coefficient (Wildman–Crippen LogP) is 3.85. The zero-order valence-corrected chi connectivity index (χ0v) is 17.9. The van der Waals surface area contributed by atoms with Gasteiger partial charge in [0.1, 0.15) is 17.6 Å². The molecule has 33 heavy (non-hydrogen) atoms. The van der Waals surface area contributed by atoms with Crippen molar-refractivity contribution in [2.24, 2.45) is 5.16 Å². The number of anilines is 1. The zero-order valence-electron chi connectivity index (χ0n) is 17.1. The summed E-state index contributed by atoms with van der Waals surface area (Å²) in [5.41, 5.74) is -0.398. The first kappa shape index (κ1) is 24.3. The fraction of sp³-hybridized carbons (Fsp3) is 0.333. The van der Waals surface area contributed by atoms with Crippen LogP contribution in [0.4, 0.5) is 23.4 Å². The molecule has 2 heterocycles. The normalized spacial score (nSPS) is 15.4. The van der Waals surface area contributed by atoms with Gasteiger partial charge in [0.25, 0.3) is 5.91 Å². The number of amides is 1. The Morgan fingerprint density at radius 1 is 1.27 bits per heavy atom. The fourth-order valence-corrected chi connectivity index (χ4v) is 3.42. The molecule has 1 atom stereocenters. The summed E-state index contributed by atoms with van der Waals surface area (Å²) in [5, 5.41) is 12.8. The summed E-state index contributed by atoms with van der Waals surface area (Å²) in [4.78, 5) is 24.4. The van der Waals surface area contributed by atoms with Crippen LogP contribution >= 0.6 is 11.6 Å². The van der Waals surface area contributed by atoms with E-state index in [9.17, 15) is 27.6 Å². The van der Waals surface area contributed by atoms with E-state index in [-0.39, 0.29) is 23.4 Å². The van der Waals surface area contributed by atoms with Crippen molar-refractivity contribution in [1.29, 1.82) is 5.26 Å². The molecule has 174 valence electrons. The topological polar surface area (TPSA) is 81.8 Å². The molecule has 2 aromatic rings. The van der Waals surface area contributed by atoms with E-state index in [1.165, 1.54) is 35.4 Å². The van der Waals surface area contributed by atoms with E-state index in [2.05, 4.69) is 10.1 Å². The first-order valence-corrected chi connectivity index (χ1v) is 10.1. The summed E-state index contributed by atoms with van der Waals surface area (Å²) < 4.78 is 51.3. The van der Waals surface area contributed by atoms with Crippen LogP contribution in [0.15, 0.2) is 41.7 Å². The minimum absolute atomic E-state index is 0.115. The van der Waals surface area contributed by atoms with Crippen molar-refractivity contribution in [2.75, 3.05) is 37.7 Å². The Morgan fingerprint density at radius 2 is 1.94 bits per heavy atom. The Kier molecular flexibility index (Phi) is 7.71. The van der Waals surface area contributed by atoms with E-state index < -0.39 is 23.5 Å². The lowest BCUT2D eigenvalue weighted by Gasteiger charge is -2.35. The van der Waals surface area contributed by atoms with Gasteiger partial charge in [-0.2, -0.15) is 18.4 Å². The van der Waals surface area contributed by atoms with Crippen molar-refractivity contribution in [3.8, 4) is 6.07 Å². The molecule has 0 N–H and O–H groups in total. The molecule has 1 fully saturated rings. The van der Waals surface area contributed by atoms with Gasteiger partial charge in [0.2, 0.25) is 0 Å². The largest absolute Gasteiger partial charge is 0.417 e. The van der Waals surface area contributed by atoms with Gasteiger partial charge in [-0.3, -0.25) is 4.79 Å². The lowest BCUT2D eigenvalue weighted by molar-refractivity contribution is -0.138. The molecular formula is C21H18ClF4N5O2. The predicted molar refractivity (Wildman–Crippen MR) is 112 cm³/mol. The second kappa shape index (κ2) is 10.5. The van der Waals surface area contributed by atoms with Gasteiger partial charge in [0.15, 0.2) is 6.61 Å². The van der Waals surface area contributed by atoms with Crippen molar-refractivity contribution in [2.45, 2.75) is 12.1 Å². The molecule has 1 aliphatic heterocycles. The van der Waals surface area contributed by atoms with Crippen molar-refractivity contribution in [3.63, 3.8) is 0 Å². The number of aromatic nitrogens is 1. The van der Waals surface area contributed by atoms with Gasteiger partial charge in [-0.05, 0) is 23.8 Å². The Balaban J connectivity index is 1.48. The third kappa shape index (κ3) is 6.32. The maximum absolute atomic E-state index is 13.0. The minimum atomic E-state index is -4.53. The molecule has 0 bridgehead atoms. The molecule has 3 rings (SSSR count). The average Bonchev–Trinajstić information content (AvgIpc) is 2.79. The van der Waals surface area contributed by atoms with Crippen LogP contribution in [0, 0.1) is 17.1 Å². The van der Waals surface area contributed by atoms with Crippen molar-refractivity contribution in [3.05, 3.63) is 58.5 Å². The third-order valence-corrected chi connectivity index (χ3v) is 5.20. The molecule has 1 aromatic carbocycles. The summed E-state index contributed by atoms with van der Waals surface area (Å²) in [7, 11) is 0. The number of benzene rings is 1. The number of carbonyl (C=O) groups is 1. The van der Waals surface area contributed by atoms with Crippen molar-refractivity contribution >= 4 is 29.5 Å². The van der Waals surface area contributed by atoms with Gasteiger partial charge in [0, 0.05) is 32.4 Å². The van der Waals surface area contributed by atoms with Crippen LogP contribution in [0.1, 0.15) is 17.0 Å².